The number of halogens is 6. The lowest BCUT2D eigenvalue weighted by Gasteiger charge is -2.30. The quantitative estimate of drug-likeness (QED) is 0.418. The molecule has 0 saturated heterocycles. The summed E-state index contributed by atoms with van der Waals surface area (Å²) in [5.41, 5.74) is -1.13. The summed E-state index contributed by atoms with van der Waals surface area (Å²) in [4.78, 5) is 34.2. The van der Waals surface area contributed by atoms with E-state index in [1.165, 1.54) is 25.1 Å². The Balaban J connectivity index is 1.83. The number of rotatable bonds is 3. The first-order chi connectivity index (χ1) is 15.9. The first-order valence-electron chi connectivity index (χ1n) is 9.85. The number of likely N-dealkylation sites (N-methyl/N-ethyl adjacent to an activating group) is 1. The molecule has 0 spiro atoms. The summed E-state index contributed by atoms with van der Waals surface area (Å²) >= 11 is 5.74. The van der Waals surface area contributed by atoms with Gasteiger partial charge < -0.3 is 14.8 Å². The number of pyridine rings is 2. The number of benzene rings is 1. The zero-order valence-electron chi connectivity index (χ0n) is 17.7. The van der Waals surface area contributed by atoms with E-state index in [4.69, 9.17) is 11.6 Å². The van der Waals surface area contributed by atoms with E-state index >= 15 is 0 Å². The third-order valence-corrected chi connectivity index (χ3v) is 5.74. The van der Waals surface area contributed by atoms with Gasteiger partial charge in [0.15, 0.2) is 0 Å². The van der Waals surface area contributed by atoms with Crippen LogP contribution < -0.4 is 15.4 Å². The molecular weight excluding hydrogens is 483 g/mol. The van der Waals surface area contributed by atoms with Gasteiger partial charge in [0, 0.05) is 37.5 Å². The van der Waals surface area contributed by atoms with E-state index in [1.807, 2.05) is 0 Å². The number of aromatic amines is 1. The number of nitrogens with one attached hydrogen (secondary N) is 1. The number of aryl methyl sites for hydroxylation is 1. The summed E-state index contributed by atoms with van der Waals surface area (Å²) in [6.07, 6.45) is -3.33. The summed E-state index contributed by atoms with van der Waals surface area (Å²) in [6.45, 7) is 1.37. The van der Waals surface area contributed by atoms with Crippen molar-refractivity contribution < 1.29 is 26.7 Å². The monoisotopic (exact) mass is 498 g/mol. The molecular formula is C22H16ClF5N4O2. The number of fused-ring (bicyclic) bond motifs is 1. The van der Waals surface area contributed by atoms with E-state index in [2.05, 4.69) is 9.97 Å². The van der Waals surface area contributed by atoms with E-state index in [0.717, 1.165) is 29.2 Å². The number of aromatic nitrogens is 2. The highest BCUT2D eigenvalue weighted by Crippen LogP contribution is 2.40. The van der Waals surface area contributed by atoms with E-state index in [0.29, 0.717) is 11.6 Å². The number of hydrogen-bond acceptors (Lipinski definition) is 4. The SMILES string of the molecule is Cc1cc(C(F)(F)F)cc(N2c3cc(=O)[nH]cc3C[C@@H]2C(=O)N(C)c2cc(Cl)c(F)cc2F)n1. The number of carbonyl (C=O) groups excluding carboxylic acids is 1. The first kappa shape index (κ1) is 23.7. The predicted molar refractivity (Wildman–Crippen MR) is 115 cm³/mol. The van der Waals surface area contributed by atoms with Crippen LogP contribution in [-0.2, 0) is 17.4 Å². The topological polar surface area (TPSA) is 69.3 Å². The maximum absolute atomic E-state index is 14.4. The number of H-pyrrole nitrogens is 1. The van der Waals surface area contributed by atoms with Crippen molar-refractivity contribution >= 4 is 34.7 Å². The van der Waals surface area contributed by atoms with Gasteiger partial charge in [0.2, 0.25) is 11.5 Å². The molecule has 3 aromatic rings. The smallest absolute Gasteiger partial charge is 0.329 e. The van der Waals surface area contributed by atoms with E-state index in [-0.39, 0.29) is 29.3 Å². The second-order valence-corrected chi connectivity index (χ2v) is 8.17. The van der Waals surface area contributed by atoms with Gasteiger partial charge in [-0.25, -0.2) is 13.8 Å². The van der Waals surface area contributed by atoms with Crippen LogP contribution in [0.5, 0.6) is 0 Å². The van der Waals surface area contributed by atoms with Crippen molar-refractivity contribution in [3.8, 4) is 0 Å². The number of carbonyl (C=O) groups is 1. The number of nitrogens with zero attached hydrogens (tertiary/aromatic N) is 3. The van der Waals surface area contributed by atoms with Crippen LogP contribution in [0.25, 0.3) is 0 Å². The van der Waals surface area contributed by atoms with Crippen molar-refractivity contribution in [2.45, 2.75) is 25.6 Å². The maximum Gasteiger partial charge on any atom is 0.416 e. The zero-order chi connectivity index (χ0) is 24.9. The fourth-order valence-electron chi connectivity index (χ4n) is 3.88. The molecule has 1 aliphatic rings. The highest BCUT2D eigenvalue weighted by Gasteiger charge is 2.40. The third-order valence-electron chi connectivity index (χ3n) is 5.45. The van der Waals surface area contributed by atoms with Gasteiger partial charge in [-0.3, -0.25) is 9.59 Å². The lowest BCUT2D eigenvalue weighted by Crippen LogP contribution is -2.45. The summed E-state index contributed by atoms with van der Waals surface area (Å²) in [5.74, 6) is -3.01. The maximum atomic E-state index is 14.4. The number of alkyl halides is 3. The van der Waals surface area contributed by atoms with Crippen LogP contribution in [0, 0.1) is 18.6 Å². The first-order valence-corrected chi connectivity index (χ1v) is 10.2. The molecule has 1 aromatic carbocycles. The summed E-state index contributed by atoms with van der Waals surface area (Å²) < 4.78 is 68.4. The molecule has 0 saturated carbocycles. The molecule has 4 rings (SSSR count). The van der Waals surface area contributed by atoms with Crippen molar-refractivity contribution in [3.05, 3.63) is 80.4 Å². The van der Waals surface area contributed by atoms with Crippen LogP contribution in [0.2, 0.25) is 5.02 Å². The van der Waals surface area contributed by atoms with Gasteiger partial charge >= 0.3 is 6.18 Å². The van der Waals surface area contributed by atoms with Gasteiger partial charge in [0.05, 0.1) is 22.0 Å². The largest absolute Gasteiger partial charge is 0.416 e. The van der Waals surface area contributed by atoms with Crippen LogP contribution in [-0.4, -0.2) is 29.0 Å². The van der Waals surface area contributed by atoms with Crippen molar-refractivity contribution in [1.29, 1.82) is 0 Å². The Bertz CT molecular complexity index is 1360. The number of hydrogen-bond donors (Lipinski definition) is 1. The molecule has 3 heterocycles. The molecule has 0 fully saturated rings. The van der Waals surface area contributed by atoms with Crippen LogP contribution in [0.3, 0.4) is 0 Å². The lowest BCUT2D eigenvalue weighted by atomic mass is 10.1. The van der Waals surface area contributed by atoms with Gasteiger partial charge in [-0.05, 0) is 30.7 Å². The molecule has 1 N–H and O–H groups in total. The van der Waals surface area contributed by atoms with Crippen molar-refractivity contribution in [3.63, 3.8) is 0 Å². The Hall–Kier alpha value is -3.47. The van der Waals surface area contributed by atoms with Gasteiger partial charge in [-0.2, -0.15) is 13.2 Å². The molecule has 0 unspecified atom stereocenters. The van der Waals surface area contributed by atoms with E-state index in [9.17, 15) is 31.5 Å². The molecule has 2 aromatic heterocycles. The molecule has 12 heteroatoms. The zero-order valence-corrected chi connectivity index (χ0v) is 18.4. The normalized spacial score (nSPS) is 15.4. The highest BCUT2D eigenvalue weighted by atomic mass is 35.5. The number of amides is 1. The summed E-state index contributed by atoms with van der Waals surface area (Å²) in [5, 5.41) is -0.414. The molecule has 1 atom stereocenters. The van der Waals surface area contributed by atoms with Crippen molar-refractivity contribution in [2.75, 3.05) is 16.8 Å². The van der Waals surface area contributed by atoms with Crippen LogP contribution in [0.15, 0.2) is 41.3 Å². The van der Waals surface area contributed by atoms with Gasteiger partial charge in [0.25, 0.3) is 0 Å². The minimum Gasteiger partial charge on any atom is -0.329 e. The van der Waals surface area contributed by atoms with Gasteiger partial charge in [-0.15, -0.1) is 0 Å². The van der Waals surface area contributed by atoms with E-state index < -0.39 is 45.9 Å². The highest BCUT2D eigenvalue weighted by molar-refractivity contribution is 6.31. The van der Waals surface area contributed by atoms with E-state index in [1.54, 1.807) is 0 Å². The van der Waals surface area contributed by atoms with Gasteiger partial charge in [-0.1, -0.05) is 11.6 Å². The lowest BCUT2D eigenvalue weighted by molar-refractivity contribution is -0.137. The van der Waals surface area contributed by atoms with Crippen LogP contribution in [0.1, 0.15) is 16.8 Å². The fraction of sp³-hybridized carbons (Fsp3) is 0.227. The Kier molecular flexibility index (Phi) is 5.84. The van der Waals surface area contributed by atoms with Crippen molar-refractivity contribution in [1.82, 2.24) is 9.97 Å². The Morgan fingerprint density at radius 1 is 1.18 bits per heavy atom. The second-order valence-electron chi connectivity index (χ2n) is 7.77. The second kappa shape index (κ2) is 8.39. The van der Waals surface area contributed by atoms with Crippen LogP contribution in [0.4, 0.5) is 39.1 Å². The Labute approximate surface area is 194 Å². The predicted octanol–water partition coefficient (Wildman–Crippen LogP) is 4.75. The molecule has 0 radical (unpaired) electrons. The van der Waals surface area contributed by atoms with Crippen LogP contribution >= 0.6 is 11.6 Å². The molecule has 0 aliphatic carbocycles. The minimum atomic E-state index is -4.68. The molecule has 1 amide bonds. The molecule has 6 nitrogen and oxygen atoms in total. The molecule has 34 heavy (non-hydrogen) atoms. The average molecular weight is 499 g/mol. The minimum absolute atomic E-state index is 0.0111. The van der Waals surface area contributed by atoms with Gasteiger partial charge in [0.1, 0.15) is 23.5 Å². The fourth-order valence-corrected chi connectivity index (χ4v) is 4.03. The molecule has 178 valence electrons. The Morgan fingerprint density at radius 2 is 1.88 bits per heavy atom. The number of anilines is 3. The Morgan fingerprint density at radius 3 is 2.56 bits per heavy atom. The summed E-state index contributed by atoms with van der Waals surface area (Å²) in [7, 11) is 1.23. The molecule has 0 bridgehead atoms. The third kappa shape index (κ3) is 4.23. The summed E-state index contributed by atoms with van der Waals surface area (Å²) in [6, 6.07) is 3.07. The van der Waals surface area contributed by atoms with Crippen molar-refractivity contribution in [2.24, 2.45) is 0 Å². The standard InChI is InChI=1S/C22H16ClF5N4O2/c1-10-3-12(22(26,27)28)5-19(30-10)32-16-8-20(33)29-9-11(16)4-18(32)21(34)31(2)17-6-13(23)14(24)7-15(17)25/h3,5-9,18H,4H2,1-2H3,(H,29,33)/t18-/m1/s1. The molecule has 1 aliphatic heterocycles. The average Bonchev–Trinajstić information content (AvgIpc) is 3.12.